The summed E-state index contributed by atoms with van der Waals surface area (Å²) in [4.78, 5) is 12.1. The van der Waals surface area contributed by atoms with Gasteiger partial charge in [-0.1, -0.05) is 20.3 Å². The van der Waals surface area contributed by atoms with E-state index in [1.807, 2.05) is 13.8 Å². The van der Waals surface area contributed by atoms with Crippen molar-refractivity contribution in [2.24, 2.45) is 17.3 Å². The maximum Gasteiger partial charge on any atom is 0.310 e. The number of carbonyl (C=O) groups is 1. The molecule has 0 aromatic rings. The molecule has 0 aromatic carbocycles. The first-order valence-corrected chi connectivity index (χ1v) is 6.99. The Morgan fingerprint density at radius 3 is 3.00 bits per heavy atom. The van der Waals surface area contributed by atoms with E-state index in [0.717, 1.165) is 18.4 Å². The van der Waals surface area contributed by atoms with Crippen molar-refractivity contribution in [3.63, 3.8) is 0 Å². The molecule has 0 N–H and O–H groups in total. The van der Waals surface area contributed by atoms with Crippen LogP contribution in [0.5, 0.6) is 0 Å². The molecule has 102 valence electrons. The van der Waals surface area contributed by atoms with E-state index in [1.54, 1.807) is 6.26 Å². The molecule has 1 aliphatic heterocycles. The first kappa shape index (κ1) is 13.4. The molecule has 1 heterocycles. The highest BCUT2D eigenvalue weighted by molar-refractivity contribution is 5.77. The van der Waals surface area contributed by atoms with E-state index in [2.05, 4.69) is 13.8 Å². The number of esters is 1. The number of cyclic esters (lactones) is 1. The Hall–Kier alpha value is -0.990. The Kier molecular flexibility index (Phi) is 3.69. The highest BCUT2D eigenvalue weighted by Crippen LogP contribution is 2.53. The van der Waals surface area contributed by atoms with Gasteiger partial charge in [-0.2, -0.15) is 0 Å². The van der Waals surface area contributed by atoms with Gasteiger partial charge >= 0.3 is 5.97 Å². The average molecular weight is 252 g/mol. The third-order valence-electron chi connectivity index (χ3n) is 4.59. The quantitative estimate of drug-likeness (QED) is 0.571. The van der Waals surface area contributed by atoms with Gasteiger partial charge in [0.05, 0.1) is 18.8 Å². The molecule has 0 radical (unpaired) electrons. The summed E-state index contributed by atoms with van der Waals surface area (Å²) in [5.41, 5.74) is 0.983. The number of carbonyl (C=O) groups excluding carboxylic acids is 1. The lowest BCUT2D eigenvalue weighted by molar-refractivity contribution is -0.144. The first-order valence-electron chi connectivity index (χ1n) is 6.99. The van der Waals surface area contributed by atoms with Crippen LogP contribution in [0.4, 0.5) is 0 Å². The lowest BCUT2D eigenvalue weighted by atomic mass is 9.61. The van der Waals surface area contributed by atoms with Crippen LogP contribution in [0.15, 0.2) is 11.8 Å². The van der Waals surface area contributed by atoms with Gasteiger partial charge in [0.2, 0.25) is 0 Å². The molecule has 2 rings (SSSR count). The predicted octanol–water partition coefficient (Wildman–Crippen LogP) is 3.29. The maximum atomic E-state index is 12.1. The first-order chi connectivity index (χ1) is 8.50. The summed E-state index contributed by atoms with van der Waals surface area (Å²) >= 11 is 0. The fourth-order valence-corrected chi connectivity index (χ4v) is 3.79. The average Bonchev–Trinajstić information content (AvgIpc) is 2.59. The van der Waals surface area contributed by atoms with Crippen LogP contribution in [-0.2, 0) is 14.3 Å². The third kappa shape index (κ3) is 2.04. The van der Waals surface area contributed by atoms with Crippen molar-refractivity contribution < 1.29 is 14.3 Å². The summed E-state index contributed by atoms with van der Waals surface area (Å²) in [5, 5.41) is 0. The second-order valence-corrected chi connectivity index (χ2v) is 5.99. The van der Waals surface area contributed by atoms with Crippen LogP contribution in [0.25, 0.3) is 0 Å². The Bertz CT molecular complexity index is 361. The summed E-state index contributed by atoms with van der Waals surface area (Å²) < 4.78 is 11.0. The van der Waals surface area contributed by atoms with Crippen LogP contribution in [-0.4, -0.2) is 18.7 Å². The standard InChI is InChI=1S/C15H24O3/c1-5-17-9-11(3)13-15(4)8-6-7-10(2)12(15)14(16)18-13/h9-10,12-13H,5-8H2,1-4H3/b11-9+/t10-,12?,13?,15?/m0/s1. The highest BCUT2D eigenvalue weighted by atomic mass is 16.6. The zero-order chi connectivity index (χ0) is 13.3. The molecule has 0 spiro atoms. The molecule has 1 aliphatic carbocycles. The second-order valence-electron chi connectivity index (χ2n) is 5.99. The summed E-state index contributed by atoms with van der Waals surface area (Å²) in [6.45, 7) is 8.98. The molecule has 0 amide bonds. The van der Waals surface area contributed by atoms with Gasteiger partial charge in [-0.05, 0) is 32.6 Å². The van der Waals surface area contributed by atoms with Crippen molar-refractivity contribution in [3.05, 3.63) is 11.8 Å². The van der Waals surface area contributed by atoms with Crippen LogP contribution >= 0.6 is 0 Å². The molecule has 0 aromatic heterocycles. The molecule has 0 bridgehead atoms. The largest absolute Gasteiger partial charge is 0.501 e. The molecule has 1 saturated heterocycles. The molecule has 1 saturated carbocycles. The minimum atomic E-state index is -0.107. The van der Waals surface area contributed by atoms with Gasteiger partial charge in [-0.15, -0.1) is 0 Å². The molecule has 18 heavy (non-hydrogen) atoms. The van der Waals surface area contributed by atoms with Crippen molar-refractivity contribution >= 4 is 5.97 Å². The number of rotatable bonds is 3. The molecular formula is C15H24O3. The molecule has 2 fully saturated rings. The number of fused-ring (bicyclic) bond motifs is 1. The summed E-state index contributed by atoms with van der Waals surface area (Å²) in [7, 11) is 0. The molecule has 3 heteroatoms. The minimum absolute atomic E-state index is 0.0149. The monoisotopic (exact) mass is 252 g/mol. The third-order valence-corrected chi connectivity index (χ3v) is 4.59. The van der Waals surface area contributed by atoms with E-state index < -0.39 is 0 Å². The van der Waals surface area contributed by atoms with Gasteiger partial charge in [-0.3, -0.25) is 4.79 Å². The van der Waals surface area contributed by atoms with Crippen molar-refractivity contribution in [2.75, 3.05) is 6.61 Å². The van der Waals surface area contributed by atoms with Crippen molar-refractivity contribution in [2.45, 2.75) is 53.1 Å². The van der Waals surface area contributed by atoms with E-state index in [-0.39, 0.29) is 23.4 Å². The SMILES string of the molecule is CCO/C=C(\C)C1OC(=O)C2[C@@H](C)CCCC12C. The van der Waals surface area contributed by atoms with Gasteiger partial charge < -0.3 is 9.47 Å². The highest BCUT2D eigenvalue weighted by Gasteiger charge is 2.57. The smallest absolute Gasteiger partial charge is 0.310 e. The second kappa shape index (κ2) is 4.94. The number of hydrogen-bond donors (Lipinski definition) is 0. The Labute approximate surface area is 110 Å². The lowest BCUT2D eigenvalue weighted by Gasteiger charge is -2.40. The van der Waals surface area contributed by atoms with Crippen LogP contribution in [0.3, 0.4) is 0 Å². The van der Waals surface area contributed by atoms with Gasteiger partial charge in [0, 0.05) is 11.0 Å². The van der Waals surface area contributed by atoms with Crippen LogP contribution < -0.4 is 0 Å². The molecule has 2 aliphatic rings. The van der Waals surface area contributed by atoms with Crippen molar-refractivity contribution in [3.8, 4) is 0 Å². The fraction of sp³-hybridized carbons (Fsp3) is 0.800. The topological polar surface area (TPSA) is 35.5 Å². The summed E-state index contributed by atoms with van der Waals surface area (Å²) in [6, 6.07) is 0. The van der Waals surface area contributed by atoms with E-state index in [9.17, 15) is 4.79 Å². The molecular weight excluding hydrogens is 228 g/mol. The van der Waals surface area contributed by atoms with E-state index >= 15 is 0 Å². The normalized spacial score (nSPS) is 40.3. The Morgan fingerprint density at radius 2 is 2.33 bits per heavy atom. The summed E-state index contributed by atoms with van der Waals surface area (Å²) in [6.07, 6.45) is 5.03. The van der Waals surface area contributed by atoms with Gasteiger partial charge in [0.15, 0.2) is 0 Å². The van der Waals surface area contributed by atoms with Crippen LogP contribution in [0.1, 0.15) is 47.0 Å². The Morgan fingerprint density at radius 1 is 1.61 bits per heavy atom. The van der Waals surface area contributed by atoms with Crippen molar-refractivity contribution in [1.82, 2.24) is 0 Å². The zero-order valence-electron chi connectivity index (χ0n) is 11.9. The van der Waals surface area contributed by atoms with E-state index in [4.69, 9.17) is 9.47 Å². The lowest BCUT2D eigenvalue weighted by Crippen LogP contribution is -2.40. The van der Waals surface area contributed by atoms with Crippen LogP contribution in [0.2, 0.25) is 0 Å². The van der Waals surface area contributed by atoms with E-state index in [0.29, 0.717) is 12.5 Å². The van der Waals surface area contributed by atoms with Gasteiger partial charge in [0.1, 0.15) is 6.10 Å². The Balaban J connectivity index is 2.26. The van der Waals surface area contributed by atoms with Crippen LogP contribution in [0, 0.1) is 17.3 Å². The van der Waals surface area contributed by atoms with Crippen molar-refractivity contribution in [1.29, 1.82) is 0 Å². The molecule has 3 nitrogen and oxygen atoms in total. The predicted molar refractivity (Wildman–Crippen MR) is 69.9 cm³/mol. The fourth-order valence-electron chi connectivity index (χ4n) is 3.79. The van der Waals surface area contributed by atoms with Gasteiger partial charge in [-0.25, -0.2) is 0 Å². The minimum Gasteiger partial charge on any atom is -0.501 e. The molecule has 4 atom stereocenters. The van der Waals surface area contributed by atoms with E-state index in [1.165, 1.54) is 6.42 Å². The number of hydrogen-bond acceptors (Lipinski definition) is 3. The zero-order valence-corrected chi connectivity index (χ0v) is 11.9. The maximum absolute atomic E-state index is 12.1. The molecule has 3 unspecified atom stereocenters. The summed E-state index contributed by atoms with van der Waals surface area (Å²) in [5.74, 6) is 0.473. The van der Waals surface area contributed by atoms with Gasteiger partial charge in [0.25, 0.3) is 0 Å². The number of ether oxygens (including phenoxy) is 2.